The first kappa shape index (κ1) is 57.3. The number of amides is 1. The van der Waals surface area contributed by atoms with Crippen molar-refractivity contribution in [2.45, 2.75) is 289 Å². The van der Waals surface area contributed by atoms with Gasteiger partial charge in [-0.2, -0.15) is 0 Å². The highest BCUT2D eigenvalue weighted by Crippen LogP contribution is 2.16. The van der Waals surface area contributed by atoms with Crippen LogP contribution in [0, 0.1) is 0 Å². The third-order valence-electron chi connectivity index (χ3n) is 12.0. The van der Waals surface area contributed by atoms with Gasteiger partial charge >= 0.3 is 5.97 Å². The molecular formula is C53H101NO5. The molecule has 2 unspecified atom stereocenters. The van der Waals surface area contributed by atoms with Crippen molar-refractivity contribution in [2.24, 2.45) is 0 Å². The zero-order valence-electron chi connectivity index (χ0n) is 39.5. The molecule has 0 aliphatic carbocycles. The summed E-state index contributed by atoms with van der Waals surface area (Å²) in [6.45, 7) is 4.84. The number of carbonyl (C=O) groups is 2. The number of esters is 1. The maximum absolute atomic E-state index is 12.4. The number of hydrogen-bond acceptors (Lipinski definition) is 5. The molecule has 6 heteroatoms. The summed E-state index contributed by atoms with van der Waals surface area (Å²) in [7, 11) is 0. The van der Waals surface area contributed by atoms with Crippen molar-refractivity contribution in [1.29, 1.82) is 0 Å². The van der Waals surface area contributed by atoms with E-state index in [0.717, 1.165) is 44.9 Å². The number of hydrogen-bond donors (Lipinski definition) is 3. The van der Waals surface area contributed by atoms with Crippen LogP contribution in [0.3, 0.4) is 0 Å². The van der Waals surface area contributed by atoms with E-state index in [4.69, 9.17) is 4.74 Å². The fourth-order valence-electron chi connectivity index (χ4n) is 7.92. The molecule has 59 heavy (non-hydrogen) atoms. The van der Waals surface area contributed by atoms with E-state index in [1.165, 1.54) is 205 Å². The standard InChI is InChI=1S/C53H101NO5/c1-3-5-7-9-11-13-14-27-31-35-39-43-47-53(58)59-48-44-40-36-32-28-25-23-21-19-17-15-16-18-20-22-24-26-30-34-38-42-46-52(57)54-50(49-55)51(56)45-41-37-33-29-12-10-8-6-4-2/h11,13,41,45,50-51,55-56H,3-10,12,14-40,42-44,46-49H2,1-2H3,(H,54,57)/b13-11-,45-41+. The molecule has 0 fully saturated rings. The van der Waals surface area contributed by atoms with E-state index in [9.17, 15) is 19.8 Å². The molecule has 0 aromatic heterocycles. The van der Waals surface area contributed by atoms with E-state index in [1.807, 2.05) is 6.08 Å². The monoisotopic (exact) mass is 832 g/mol. The molecular weight excluding hydrogens is 731 g/mol. The van der Waals surface area contributed by atoms with Gasteiger partial charge in [0.15, 0.2) is 0 Å². The second-order valence-corrected chi connectivity index (χ2v) is 17.9. The zero-order valence-corrected chi connectivity index (χ0v) is 39.5. The van der Waals surface area contributed by atoms with E-state index in [1.54, 1.807) is 6.08 Å². The lowest BCUT2D eigenvalue weighted by molar-refractivity contribution is -0.143. The van der Waals surface area contributed by atoms with Crippen LogP contribution in [0.4, 0.5) is 0 Å². The van der Waals surface area contributed by atoms with Gasteiger partial charge in [-0.05, 0) is 57.8 Å². The summed E-state index contributed by atoms with van der Waals surface area (Å²) in [6.07, 6.45) is 57.7. The Morgan fingerprint density at radius 2 is 0.797 bits per heavy atom. The van der Waals surface area contributed by atoms with Crippen molar-refractivity contribution in [3.8, 4) is 0 Å². The number of nitrogens with one attached hydrogen (secondary N) is 1. The summed E-state index contributed by atoms with van der Waals surface area (Å²) in [5.41, 5.74) is 0. The Bertz CT molecular complexity index is 920. The van der Waals surface area contributed by atoms with Crippen LogP contribution in [0.1, 0.15) is 277 Å². The molecule has 1 amide bonds. The Kier molecular flexibility index (Phi) is 47.6. The molecule has 0 aliphatic heterocycles. The van der Waals surface area contributed by atoms with Crippen molar-refractivity contribution in [2.75, 3.05) is 13.2 Å². The number of allylic oxidation sites excluding steroid dienone is 3. The third-order valence-corrected chi connectivity index (χ3v) is 12.0. The van der Waals surface area contributed by atoms with Crippen LogP contribution in [0.5, 0.6) is 0 Å². The highest BCUT2D eigenvalue weighted by Gasteiger charge is 2.18. The molecule has 0 saturated heterocycles. The quantitative estimate of drug-likeness (QED) is 0.0322. The lowest BCUT2D eigenvalue weighted by Gasteiger charge is -2.20. The van der Waals surface area contributed by atoms with Crippen LogP contribution >= 0.6 is 0 Å². The fraction of sp³-hybridized carbons (Fsp3) is 0.887. The predicted molar refractivity (Wildman–Crippen MR) is 255 cm³/mol. The van der Waals surface area contributed by atoms with Gasteiger partial charge in [-0.3, -0.25) is 9.59 Å². The molecule has 0 aliphatic rings. The number of aliphatic hydroxyl groups excluding tert-OH is 2. The highest BCUT2D eigenvalue weighted by molar-refractivity contribution is 5.76. The van der Waals surface area contributed by atoms with Crippen molar-refractivity contribution >= 4 is 11.9 Å². The molecule has 0 spiro atoms. The molecule has 0 aromatic carbocycles. The largest absolute Gasteiger partial charge is 0.466 e. The first-order valence-electron chi connectivity index (χ1n) is 26.1. The van der Waals surface area contributed by atoms with Crippen molar-refractivity contribution < 1.29 is 24.5 Å². The number of aliphatic hydroxyl groups is 2. The van der Waals surface area contributed by atoms with Crippen molar-refractivity contribution in [3.63, 3.8) is 0 Å². The van der Waals surface area contributed by atoms with Crippen LogP contribution in [-0.4, -0.2) is 47.4 Å². The third kappa shape index (κ3) is 45.7. The summed E-state index contributed by atoms with van der Waals surface area (Å²) >= 11 is 0. The van der Waals surface area contributed by atoms with Gasteiger partial charge in [0.05, 0.1) is 25.4 Å². The van der Waals surface area contributed by atoms with Gasteiger partial charge < -0.3 is 20.3 Å². The van der Waals surface area contributed by atoms with Crippen LogP contribution in [0.2, 0.25) is 0 Å². The van der Waals surface area contributed by atoms with E-state index in [-0.39, 0.29) is 18.5 Å². The normalized spacial score (nSPS) is 12.8. The average molecular weight is 832 g/mol. The van der Waals surface area contributed by atoms with Gasteiger partial charge in [0.2, 0.25) is 5.91 Å². The summed E-state index contributed by atoms with van der Waals surface area (Å²) in [5.74, 6) is -0.0712. The highest BCUT2D eigenvalue weighted by atomic mass is 16.5. The van der Waals surface area contributed by atoms with Gasteiger partial charge in [0.25, 0.3) is 0 Å². The first-order valence-corrected chi connectivity index (χ1v) is 26.1. The SMILES string of the molecule is CCCCC/C=C\CCCCCCCC(=O)OCCCCCCCCCCCCCCCCCCCCCCCC(=O)NC(CO)C(O)/C=C/CCCCCCCCC. The molecule has 0 heterocycles. The smallest absolute Gasteiger partial charge is 0.305 e. The Hall–Kier alpha value is -1.66. The van der Waals surface area contributed by atoms with E-state index in [0.29, 0.717) is 19.4 Å². The van der Waals surface area contributed by atoms with Gasteiger partial charge in [0.1, 0.15) is 0 Å². The minimum atomic E-state index is -0.842. The lowest BCUT2D eigenvalue weighted by atomic mass is 10.0. The number of rotatable bonds is 48. The van der Waals surface area contributed by atoms with E-state index < -0.39 is 12.1 Å². The summed E-state index contributed by atoms with van der Waals surface area (Å²) in [5, 5.41) is 22.9. The molecule has 0 rings (SSSR count). The van der Waals surface area contributed by atoms with Gasteiger partial charge in [-0.15, -0.1) is 0 Å². The number of ether oxygens (including phenoxy) is 1. The molecule has 0 radical (unpaired) electrons. The maximum Gasteiger partial charge on any atom is 0.305 e. The van der Waals surface area contributed by atoms with E-state index in [2.05, 4.69) is 31.3 Å². The van der Waals surface area contributed by atoms with Crippen LogP contribution in [0.25, 0.3) is 0 Å². The molecule has 6 nitrogen and oxygen atoms in total. The molecule has 0 aromatic rings. The summed E-state index contributed by atoms with van der Waals surface area (Å²) in [6, 6.07) is -0.626. The number of carbonyl (C=O) groups excluding carboxylic acids is 2. The van der Waals surface area contributed by atoms with Crippen molar-refractivity contribution in [3.05, 3.63) is 24.3 Å². The molecule has 2 atom stereocenters. The summed E-state index contributed by atoms with van der Waals surface area (Å²) in [4.78, 5) is 24.3. The summed E-state index contributed by atoms with van der Waals surface area (Å²) < 4.78 is 5.45. The predicted octanol–water partition coefficient (Wildman–Crippen LogP) is 15.5. The first-order chi connectivity index (χ1) is 29.0. The second-order valence-electron chi connectivity index (χ2n) is 17.9. The van der Waals surface area contributed by atoms with Crippen LogP contribution in [-0.2, 0) is 14.3 Å². The Morgan fingerprint density at radius 3 is 1.24 bits per heavy atom. The molecule has 0 saturated carbocycles. The second kappa shape index (κ2) is 49.0. The maximum atomic E-state index is 12.4. The van der Waals surface area contributed by atoms with E-state index >= 15 is 0 Å². The zero-order chi connectivity index (χ0) is 43.0. The Morgan fingerprint density at radius 1 is 0.458 bits per heavy atom. The fourth-order valence-corrected chi connectivity index (χ4v) is 7.92. The van der Waals surface area contributed by atoms with Crippen LogP contribution in [0.15, 0.2) is 24.3 Å². The van der Waals surface area contributed by atoms with Crippen molar-refractivity contribution in [1.82, 2.24) is 5.32 Å². The Labute approximate surface area is 367 Å². The minimum absolute atomic E-state index is 0.000709. The lowest BCUT2D eigenvalue weighted by Crippen LogP contribution is -2.45. The number of unbranched alkanes of at least 4 members (excludes halogenated alkanes) is 35. The molecule has 0 bridgehead atoms. The molecule has 348 valence electrons. The minimum Gasteiger partial charge on any atom is -0.466 e. The Balaban J connectivity index is 3.38. The topological polar surface area (TPSA) is 95.9 Å². The van der Waals surface area contributed by atoms with Crippen LogP contribution < -0.4 is 5.32 Å². The average Bonchev–Trinajstić information content (AvgIpc) is 3.24. The molecule has 3 N–H and O–H groups in total. The van der Waals surface area contributed by atoms with Gasteiger partial charge in [0, 0.05) is 12.8 Å². The van der Waals surface area contributed by atoms with Gasteiger partial charge in [-0.25, -0.2) is 0 Å². The van der Waals surface area contributed by atoms with Gasteiger partial charge in [-0.1, -0.05) is 231 Å².